The van der Waals surface area contributed by atoms with Gasteiger partial charge in [0, 0.05) is 6.04 Å². The van der Waals surface area contributed by atoms with Crippen molar-refractivity contribution in [2.75, 3.05) is 0 Å². The third kappa shape index (κ3) is 2.90. The topological polar surface area (TPSA) is 51.8 Å². The van der Waals surface area contributed by atoms with E-state index in [9.17, 15) is 0 Å². The predicted molar refractivity (Wildman–Crippen MR) is 71.1 cm³/mol. The summed E-state index contributed by atoms with van der Waals surface area (Å²) in [5.41, 5.74) is 8.53. The number of hydrogen-bond acceptors (Lipinski definition) is 4. The van der Waals surface area contributed by atoms with Crippen LogP contribution < -0.4 is 5.73 Å². The normalized spacial score (nSPS) is 12.9. The van der Waals surface area contributed by atoms with Crippen LogP contribution in [0.15, 0.2) is 30.3 Å². The van der Waals surface area contributed by atoms with Crippen molar-refractivity contribution in [3.8, 4) is 0 Å². The lowest BCUT2D eigenvalue weighted by molar-refractivity contribution is 0.701. The fourth-order valence-corrected chi connectivity index (χ4v) is 2.63. The van der Waals surface area contributed by atoms with E-state index in [1.807, 2.05) is 18.2 Å². The summed E-state index contributed by atoms with van der Waals surface area (Å²) in [6.07, 6.45) is 0.838. The number of rotatable bonds is 4. The molecule has 90 valence electrons. The third-order valence-electron chi connectivity index (χ3n) is 2.72. The first kappa shape index (κ1) is 12.2. The van der Waals surface area contributed by atoms with Crippen LogP contribution in [0.5, 0.6) is 0 Å². The average molecular weight is 247 g/mol. The first-order chi connectivity index (χ1) is 8.18. The van der Waals surface area contributed by atoms with Crippen molar-refractivity contribution in [2.24, 2.45) is 5.73 Å². The Morgan fingerprint density at radius 2 is 1.94 bits per heavy atom. The summed E-state index contributed by atoms with van der Waals surface area (Å²) >= 11 is 1.42. The molecule has 0 bridgehead atoms. The Bertz CT molecular complexity index is 465. The second-order valence-corrected chi connectivity index (χ2v) is 5.26. The number of benzene rings is 1. The van der Waals surface area contributed by atoms with Gasteiger partial charge in [-0.3, -0.25) is 0 Å². The highest BCUT2D eigenvalue weighted by atomic mass is 32.1. The van der Waals surface area contributed by atoms with Crippen LogP contribution in [0, 0.1) is 0 Å². The Morgan fingerprint density at radius 1 is 1.24 bits per heavy atom. The standard InChI is InChI=1S/C13H17N3S/c1-9(2)12-13(17-16-15-12)11(14)8-10-6-4-3-5-7-10/h3-7,9,11H,8,14H2,1-2H3. The van der Waals surface area contributed by atoms with Crippen LogP contribution in [0.4, 0.5) is 0 Å². The van der Waals surface area contributed by atoms with Crippen molar-refractivity contribution in [2.45, 2.75) is 32.2 Å². The number of nitrogens with zero attached hydrogens (tertiary/aromatic N) is 2. The molecule has 1 atom stereocenters. The summed E-state index contributed by atoms with van der Waals surface area (Å²) in [6.45, 7) is 4.24. The highest BCUT2D eigenvalue weighted by molar-refractivity contribution is 7.05. The summed E-state index contributed by atoms with van der Waals surface area (Å²) in [5, 5.41) is 4.17. The molecule has 17 heavy (non-hydrogen) atoms. The van der Waals surface area contributed by atoms with E-state index in [0.29, 0.717) is 5.92 Å². The van der Waals surface area contributed by atoms with E-state index in [2.05, 4.69) is 35.6 Å². The van der Waals surface area contributed by atoms with Gasteiger partial charge in [0.1, 0.15) is 0 Å². The van der Waals surface area contributed by atoms with Gasteiger partial charge in [-0.25, -0.2) is 0 Å². The molecule has 0 radical (unpaired) electrons. The van der Waals surface area contributed by atoms with Crippen LogP contribution in [0.1, 0.15) is 41.9 Å². The van der Waals surface area contributed by atoms with Crippen LogP contribution >= 0.6 is 11.5 Å². The zero-order chi connectivity index (χ0) is 12.3. The van der Waals surface area contributed by atoms with Gasteiger partial charge in [0.05, 0.1) is 10.6 Å². The summed E-state index contributed by atoms with van der Waals surface area (Å²) in [5.74, 6) is 0.380. The van der Waals surface area contributed by atoms with Crippen LogP contribution in [0.3, 0.4) is 0 Å². The van der Waals surface area contributed by atoms with Crippen molar-refractivity contribution >= 4 is 11.5 Å². The third-order valence-corrected chi connectivity index (χ3v) is 3.59. The van der Waals surface area contributed by atoms with Gasteiger partial charge < -0.3 is 5.73 Å². The van der Waals surface area contributed by atoms with Gasteiger partial charge in [0.15, 0.2) is 0 Å². The molecule has 2 N–H and O–H groups in total. The van der Waals surface area contributed by atoms with Gasteiger partial charge in [-0.05, 0) is 29.4 Å². The molecule has 1 unspecified atom stereocenters. The molecule has 0 amide bonds. The molecular weight excluding hydrogens is 230 g/mol. The van der Waals surface area contributed by atoms with Crippen molar-refractivity contribution in [3.63, 3.8) is 0 Å². The lowest BCUT2D eigenvalue weighted by Gasteiger charge is -2.12. The van der Waals surface area contributed by atoms with E-state index < -0.39 is 0 Å². The predicted octanol–water partition coefficient (Wildman–Crippen LogP) is 2.90. The molecule has 0 spiro atoms. The van der Waals surface area contributed by atoms with Crippen molar-refractivity contribution < 1.29 is 0 Å². The van der Waals surface area contributed by atoms with Gasteiger partial charge in [0.2, 0.25) is 0 Å². The van der Waals surface area contributed by atoms with Crippen LogP contribution in [-0.4, -0.2) is 9.59 Å². The second kappa shape index (κ2) is 5.38. The maximum absolute atomic E-state index is 6.24. The van der Waals surface area contributed by atoms with E-state index in [4.69, 9.17) is 5.73 Å². The summed E-state index contributed by atoms with van der Waals surface area (Å²) < 4.78 is 4.02. The molecular formula is C13H17N3S. The maximum Gasteiger partial charge on any atom is 0.0829 e. The molecule has 0 aliphatic carbocycles. The molecule has 3 nitrogen and oxygen atoms in total. The highest BCUT2D eigenvalue weighted by Crippen LogP contribution is 2.26. The van der Waals surface area contributed by atoms with Gasteiger partial charge in [-0.1, -0.05) is 48.7 Å². The maximum atomic E-state index is 6.24. The van der Waals surface area contributed by atoms with Crippen molar-refractivity contribution in [1.29, 1.82) is 0 Å². The van der Waals surface area contributed by atoms with E-state index in [1.54, 1.807) is 0 Å². The number of aromatic nitrogens is 2. The van der Waals surface area contributed by atoms with Crippen LogP contribution in [-0.2, 0) is 6.42 Å². The fraction of sp³-hybridized carbons (Fsp3) is 0.385. The van der Waals surface area contributed by atoms with Gasteiger partial charge in [-0.15, -0.1) is 5.10 Å². The summed E-state index contributed by atoms with van der Waals surface area (Å²) in [4.78, 5) is 1.11. The Kier molecular flexibility index (Phi) is 3.86. The minimum atomic E-state index is -0.00481. The lowest BCUT2D eigenvalue weighted by atomic mass is 10.0. The monoisotopic (exact) mass is 247 g/mol. The van der Waals surface area contributed by atoms with E-state index >= 15 is 0 Å². The van der Waals surface area contributed by atoms with Gasteiger partial charge >= 0.3 is 0 Å². The average Bonchev–Trinajstić information content (AvgIpc) is 2.79. The molecule has 0 saturated carbocycles. The molecule has 0 aliphatic heterocycles. The first-order valence-electron chi connectivity index (χ1n) is 5.80. The van der Waals surface area contributed by atoms with E-state index in [1.165, 1.54) is 17.1 Å². The van der Waals surface area contributed by atoms with E-state index in [-0.39, 0.29) is 6.04 Å². The van der Waals surface area contributed by atoms with Crippen LogP contribution in [0.2, 0.25) is 0 Å². The minimum absolute atomic E-state index is 0.00481. The Morgan fingerprint density at radius 3 is 2.59 bits per heavy atom. The molecule has 0 saturated heterocycles. The molecule has 4 heteroatoms. The zero-order valence-corrected chi connectivity index (χ0v) is 10.9. The molecule has 0 fully saturated rings. The molecule has 1 aromatic heterocycles. The summed E-state index contributed by atoms with van der Waals surface area (Å²) in [6, 6.07) is 10.3. The largest absolute Gasteiger partial charge is 0.323 e. The smallest absolute Gasteiger partial charge is 0.0829 e. The number of hydrogen-bond donors (Lipinski definition) is 1. The van der Waals surface area contributed by atoms with E-state index in [0.717, 1.165) is 17.0 Å². The second-order valence-electron chi connectivity index (χ2n) is 4.47. The van der Waals surface area contributed by atoms with Crippen LogP contribution in [0.25, 0.3) is 0 Å². The first-order valence-corrected chi connectivity index (χ1v) is 6.57. The Hall–Kier alpha value is -1.26. The van der Waals surface area contributed by atoms with Gasteiger partial charge in [0.25, 0.3) is 0 Å². The highest BCUT2D eigenvalue weighted by Gasteiger charge is 2.18. The van der Waals surface area contributed by atoms with Crippen molar-refractivity contribution in [3.05, 3.63) is 46.5 Å². The zero-order valence-electron chi connectivity index (χ0n) is 10.1. The summed E-state index contributed by atoms with van der Waals surface area (Å²) in [7, 11) is 0. The molecule has 0 aliphatic rings. The minimum Gasteiger partial charge on any atom is -0.323 e. The number of nitrogens with two attached hydrogens (primary N) is 1. The fourth-order valence-electron chi connectivity index (χ4n) is 1.82. The van der Waals surface area contributed by atoms with Crippen molar-refractivity contribution in [1.82, 2.24) is 9.59 Å². The Balaban J connectivity index is 2.15. The molecule has 2 aromatic rings. The quantitative estimate of drug-likeness (QED) is 0.903. The molecule has 1 aromatic carbocycles. The lowest BCUT2D eigenvalue weighted by Crippen LogP contribution is -2.14. The Labute approximate surface area is 106 Å². The molecule has 1 heterocycles. The van der Waals surface area contributed by atoms with Gasteiger partial charge in [-0.2, -0.15) is 0 Å². The SMILES string of the molecule is CC(C)c1nnsc1C(N)Cc1ccccc1. The molecule has 2 rings (SSSR count).